The van der Waals surface area contributed by atoms with Crippen molar-refractivity contribution in [2.45, 2.75) is 64.1 Å². The van der Waals surface area contributed by atoms with Gasteiger partial charge in [-0.05, 0) is 78.1 Å². The number of ether oxygens (including phenoxy) is 2. The number of fused-ring (bicyclic) bond motifs is 1. The topological polar surface area (TPSA) is 18.5 Å². The van der Waals surface area contributed by atoms with Crippen molar-refractivity contribution in [1.82, 2.24) is 0 Å². The van der Waals surface area contributed by atoms with Gasteiger partial charge in [0.1, 0.15) is 5.82 Å². The molecule has 4 rings (SSSR count). The van der Waals surface area contributed by atoms with Gasteiger partial charge in [0.15, 0.2) is 11.6 Å². The fraction of sp³-hybridized carbons (Fsp3) is 0.467. The van der Waals surface area contributed by atoms with Gasteiger partial charge >= 0.3 is 6.36 Å². The molecule has 0 saturated heterocycles. The molecule has 0 atom stereocenters. The predicted octanol–water partition coefficient (Wildman–Crippen LogP) is 8.72. The maximum Gasteiger partial charge on any atom is 0.573 e. The number of hydrogen-bond acceptors (Lipinski definition) is 2. The summed E-state index contributed by atoms with van der Waals surface area (Å²) >= 11 is 0. The second kappa shape index (κ2) is 12.4. The Bertz CT molecular complexity index is 1210. The minimum absolute atomic E-state index is 0.0500. The van der Waals surface area contributed by atoms with Gasteiger partial charge in [0.25, 0.3) is 0 Å². The molecule has 1 fully saturated rings. The van der Waals surface area contributed by atoms with Crippen LogP contribution < -0.4 is 4.74 Å². The van der Waals surface area contributed by atoms with Crippen molar-refractivity contribution in [3.05, 3.63) is 76.6 Å². The third-order valence-electron chi connectivity index (χ3n) is 7.60. The second-order valence-electron chi connectivity index (χ2n) is 10.2. The Hall–Kier alpha value is -2.74. The zero-order chi connectivity index (χ0) is 27.3. The second-order valence-corrected chi connectivity index (χ2v) is 10.2. The quantitative estimate of drug-likeness (QED) is 0.240. The molecular weight excluding hydrogens is 506 g/mol. The van der Waals surface area contributed by atoms with E-state index < -0.39 is 29.6 Å². The van der Waals surface area contributed by atoms with Crippen LogP contribution in [0.4, 0.5) is 26.3 Å². The van der Waals surface area contributed by atoms with Crippen LogP contribution in [0, 0.1) is 29.3 Å². The molecule has 1 aliphatic carbocycles. The van der Waals surface area contributed by atoms with Crippen LogP contribution in [-0.2, 0) is 24.0 Å². The molecule has 0 N–H and O–H groups in total. The first-order chi connectivity index (χ1) is 18.1. The molecule has 1 aliphatic rings. The number of alkyl halides is 3. The molecule has 1 saturated carbocycles. The average molecular weight is 539 g/mol. The third-order valence-corrected chi connectivity index (χ3v) is 7.60. The molecular formula is C30H32F6O2. The summed E-state index contributed by atoms with van der Waals surface area (Å²) in [6.07, 6.45) is 3.16. The highest BCUT2D eigenvalue weighted by molar-refractivity contribution is 5.84. The predicted molar refractivity (Wildman–Crippen MR) is 135 cm³/mol. The molecule has 0 aliphatic heterocycles. The van der Waals surface area contributed by atoms with E-state index in [-0.39, 0.29) is 18.4 Å². The smallest absolute Gasteiger partial charge is 0.399 e. The SMILES string of the molecule is COCCC1CCC(CCc2ccc3c(F)c(CCc4cc(F)c(OC(F)(F)F)c(F)c4)ccc3c2)CC1. The van der Waals surface area contributed by atoms with Crippen LogP contribution in [0.1, 0.15) is 55.2 Å². The third kappa shape index (κ3) is 7.43. The molecule has 0 unspecified atom stereocenters. The Labute approximate surface area is 218 Å². The normalized spacial score (nSPS) is 18.2. The van der Waals surface area contributed by atoms with Gasteiger partial charge in [-0.1, -0.05) is 56.0 Å². The monoisotopic (exact) mass is 538 g/mol. The first kappa shape index (κ1) is 28.3. The standard InChI is InChI=1S/C30H32F6O2/c1-37-15-14-20-4-2-19(3-5-20)6-7-21-9-13-25-24(16-21)12-11-23(28(25)33)10-8-22-17-26(31)29(27(32)18-22)38-30(34,35)36/h9,11-13,16-20H,2-8,10,14-15H2,1H3. The lowest BCUT2D eigenvalue weighted by Crippen LogP contribution is -2.19. The number of halogens is 6. The van der Waals surface area contributed by atoms with Gasteiger partial charge in [0.05, 0.1) is 0 Å². The minimum atomic E-state index is -5.21. The summed E-state index contributed by atoms with van der Waals surface area (Å²) < 4.78 is 88.8. The average Bonchev–Trinajstić information content (AvgIpc) is 2.88. The van der Waals surface area contributed by atoms with Crippen molar-refractivity contribution in [1.29, 1.82) is 0 Å². The van der Waals surface area contributed by atoms with E-state index in [9.17, 15) is 22.0 Å². The molecule has 3 aromatic rings. The Morgan fingerprint density at radius 3 is 2.05 bits per heavy atom. The van der Waals surface area contributed by atoms with E-state index in [2.05, 4.69) is 4.74 Å². The molecule has 0 amide bonds. The lowest BCUT2D eigenvalue weighted by molar-refractivity contribution is -0.276. The Morgan fingerprint density at radius 1 is 0.763 bits per heavy atom. The lowest BCUT2D eigenvalue weighted by Gasteiger charge is -2.28. The lowest BCUT2D eigenvalue weighted by atomic mass is 9.78. The fourth-order valence-corrected chi connectivity index (χ4v) is 5.45. The highest BCUT2D eigenvalue weighted by Crippen LogP contribution is 2.34. The van der Waals surface area contributed by atoms with E-state index in [1.807, 2.05) is 18.2 Å². The van der Waals surface area contributed by atoms with Gasteiger partial charge in [-0.25, -0.2) is 13.2 Å². The molecule has 0 radical (unpaired) electrons. The van der Waals surface area contributed by atoms with Crippen molar-refractivity contribution in [3.8, 4) is 5.75 Å². The van der Waals surface area contributed by atoms with E-state index in [0.717, 1.165) is 49.3 Å². The van der Waals surface area contributed by atoms with Gasteiger partial charge in [-0.15, -0.1) is 13.2 Å². The van der Waals surface area contributed by atoms with E-state index >= 15 is 4.39 Å². The highest BCUT2D eigenvalue weighted by atomic mass is 19.4. The van der Waals surface area contributed by atoms with E-state index in [0.29, 0.717) is 16.9 Å². The molecule has 0 spiro atoms. The summed E-state index contributed by atoms with van der Waals surface area (Å²) in [6.45, 7) is 0.829. The van der Waals surface area contributed by atoms with Crippen LogP contribution in [0.3, 0.4) is 0 Å². The Kier molecular flexibility index (Phi) is 9.23. The summed E-state index contributed by atoms with van der Waals surface area (Å²) in [5.41, 5.74) is 1.64. The van der Waals surface area contributed by atoms with Gasteiger partial charge in [0.2, 0.25) is 5.75 Å². The van der Waals surface area contributed by atoms with Crippen molar-refractivity contribution >= 4 is 10.8 Å². The molecule has 0 bridgehead atoms. The zero-order valence-corrected chi connectivity index (χ0v) is 21.4. The van der Waals surface area contributed by atoms with Crippen molar-refractivity contribution < 1.29 is 35.8 Å². The van der Waals surface area contributed by atoms with Crippen molar-refractivity contribution in [2.75, 3.05) is 13.7 Å². The number of rotatable bonds is 10. The van der Waals surface area contributed by atoms with Crippen molar-refractivity contribution in [3.63, 3.8) is 0 Å². The summed E-state index contributed by atoms with van der Waals surface area (Å²) in [7, 11) is 1.75. The van der Waals surface area contributed by atoms with Gasteiger partial charge in [-0.2, -0.15) is 0 Å². The maximum atomic E-state index is 15.2. The highest BCUT2D eigenvalue weighted by Gasteiger charge is 2.34. The van der Waals surface area contributed by atoms with Gasteiger partial charge < -0.3 is 9.47 Å². The largest absolute Gasteiger partial charge is 0.573 e. The molecule has 3 aromatic carbocycles. The summed E-state index contributed by atoms with van der Waals surface area (Å²) in [4.78, 5) is 0. The van der Waals surface area contributed by atoms with Crippen LogP contribution in [-0.4, -0.2) is 20.1 Å². The summed E-state index contributed by atoms with van der Waals surface area (Å²) in [5, 5.41) is 1.26. The van der Waals surface area contributed by atoms with E-state index in [4.69, 9.17) is 4.74 Å². The number of methoxy groups -OCH3 is 1. The van der Waals surface area contributed by atoms with Gasteiger partial charge in [-0.3, -0.25) is 0 Å². The first-order valence-electron chi connectivity index (χ1n) is 13.1. The van der Waals surface area contributed by atoms with Crippen LogP contribution in [0.2, 0.25) is 0 Å². The summed E-state index contributed by atoms with van der Waals surface area (Å²) in [5.74, 6) is -3.33. The Morgan fingerprint density at radius 2 is 1.42 bits per heavy atom. The number of aryl methyl sites for hydroxylation is 3. The molecule has 0 aromatic heterocycles. The van der Waals surface area contributed by atoms with Crippen molar-refractivity contribution in [2.24, 2.45) is 11.8 Å². The van der Waals surface area contributed by atoms with Crippen LogP contribution in [0.5, 0.6) is 5.75 Å². The number of hydrogen-bond donors (Lipinski definition) is 0. The Balaban J connectivity index is 1.35. The molecule has 38 heavy (non-hydrogen) atoms. The van der Waals surface area contributed by atoms with E-state index in [1.165, 1.54) is 31.2 Å². The molecule has 206 valence electrons. The fourth-order valence-electron chi connectivity index (χ4n) is 5.45. The zero-order valence-electron chi connectivity index (χ0n) is 21.4. The van der Waals surface area contributed by atoms with Crippen LogP contribution in [0.15, 0.2) is 42.5 Å². The molecule has 8 heteroatoms. The summed E-state index contributed by atoms with van der Waals surface area (Å²) in [6, 6.07) is 10.8. The molecule has 0 heterocycles. The first-order valence-corrected chi connectivity index (χ1v) is 13.1. The molecule has 2 nitrogen and oxygen atoms in total. The number of benzene rings is 3. The van der Waals surface area contributed by atoms with Gasteiger partial charge in [0, 0.05) is 19.1 Å². The van der Waals surface area contributed by atoms with Crippen LogP contribution >= 0.6 is 0 Å². The van der Waals surface area contributed by atoms with Crippen LogP contribution in [0.25, 0.3) is 10.8 Å². The minimum Gasteiger partial charge on any atom is -0.399 e. The maximum absolute atomic E-state index is 15.2. The van der Waals surface area contributed by atoms with E-state index in [1.54, 1.807) is 19.2 Å².